The second kappa shape index (κ2) is 5.39. The smallest absolute Gasteiger partial charge is 0.151 e. The van der Waals surface area contributed by atoms with E-state index in [-0.39, 0.29) is 0 Å². The summed E-state index contributed by atoms with van der Waals surface area (Å²) in [6, 6.07) is 10.4. The predicted molar refractivity (Wildman–Crippen MR) is 61.6 cm³/mol. The summed E-state index contributed by atoms with van der Waals surface area (Å²) in [5.74, 6) is 0.855. The van der Waals surface area contributed by atoms with Crippen molar-refractivity contribution in [2.45, 2.75) is 25.8 Å². The molecule has 0 spiro atoms. The molecule has 0 aliphatic carbocycles. The average molecular weight is 215 g/mol. The summed E-state index contributed by atoms with van der Waals surface area (Å²) < 4.78 is 1.83. The van der Waals surface area contributed by atoms with Gasteiger partial charge in [0.2, 0.25) is 0 Å². The van der Waals surface area contributed by atoms with Crippen molar-refractivity contribution in [1.29, 1.82) is 0 Å². The van der Waals surface area contributed by atoms with E-state index in [0.29, 0.717) is 6.42 Å². The van der Waals surface area contributed by atoms with E-state index in [0.717, 1.165) is 25.2 Å². The fraction of sp³-hybridized carbons (Fsp3) is 0.333. The Morgan fingerprint density at radius 1 is 1.19 bits per heavy atom. The molecule has 1 aromatic heterocycles. The Kier molecular flexibility index (Phi) is 3.64. The van der Waals surface area contributed by atoms with Crippen LogP contribution in [0.2, 0.25) is 0 Å². The molecule has 2 aromatic rings. The van der Waals surface area contributed by atoms with Crippen LogP contribution in [0.5, 0.6) is 0 Å². The number of hydrogen-bond donors (Lipinski definition) is 0. The maximum absolute atomic E-state index is 3.93. The largest absolute Gasteiger partial charge is 0.230 e. The van der Waals surface area contributed by atoms with Crippen LogP contribution in [0, 0.1) is 6.92 Å². The summed E-state index contributed by atoms with van der Waals surface area (Å²) >= 11 is 0. The van der Waals surface area contributed by atoms with Crippen LogP contribution in [-0.2, 0) is 19.4 Å². The maximum atomic E-state index is 3.93. The van der Waals surface area contributed by atoms with Crippen LogP contribution in [0.25, 0.3) is 0 Å². The minimum atomic E-state index is 0.637. The number of hydrogen-bond acceptors (Lipinski definition) is 3. The average Bonchev–Trinajstić information content (AvgIpc) is 2.78. The van der Waals surface area contributed by atoms with Gasteiger partial charge < -0.3 is 0 Å². The molecule has 0 bridgehead atoms. The van der Waals surface area contributed by atoms with Crippen molar-refractivity contribution in [3.8, 4) is 0 Å². The Labute approximate surface area is 95.3 Å². The molecule has 4 nitrogen and oxygen atoms in total. The summed E-state index contributed by atoms with van der Waals surface area (Å²) in [6.45, 7) is 4.65. The van der Waals surface area contributed by atoms with E-state index in [4.69, 9.17) is 0 Å². The fourth-order valence-corrected chi connectivity index (χ4v) is 1.65. The third-order valence-electron chi connectivity index (χ3n) is 2.51. The molecule has 0 amide bonds. The summed E-state index contributed by atoms with van der Waals surface area (Å²) in [5, 5.41) is 11.5. The number of rotatable bonds is 5. The van der Waals surface area contributed by atoms with E-state index in [1.54, 1.807) is 0 Å². The van der Waals surface area contributed by atoms with Gasteiger partial charge in [-0.25, -0.2) is 4.68 Å². The Morgan fingerprint density at radius 2 is 2.00 bits per heavy atom. The first-order valence-corrected chi connectivity index (χ1v) is 5.48. The van der Waals surface area contributed by atoms with Gasteiger partial charge in [-0.2, -0.15) is 0 Å². The van der Waals surface area contributed by atoms with Gasteiger partial charge in [0.1, 0.15) is 0 Å². The summed E-state index contributed by atoms with van der Waals surface area (Å²) in [7, 11) is 0. The van der Waals surface area contributed by atoms with Crippen LogP contribution in [-0.4, -0.2) is 20.2 Å². The van der Waals surface area contributed by atoms with Gasteiger partial charge in [0.05, 0.1) is 0 Å². The van der Waals surface area contributed by atoms with Crippen molar-refractivity contribution in [3.05, 3.63) is 48.6 Å². The van der Waals surface area contributed by atoms with Crippen molar-refractivity contribution >= 4 is 0 Å². The van der Waals surface area contributed by atoms with Crippen LogP contribution in [0.15, 0.2) is 30.3 Å². The van der Waals surface area contributed by atoms with Crippen molar-refractivity contribution < 1.29 is 0 Å². The van der Waals surface area contributed by atoms with E-state index >= 15 is 0 Å². The number of aromatic nitrogens is 4. The van der Waals surface area contributed by atoms with Gasteiger partial charge in [-0.3, -0.25) is 0 Å². The molecule has 0 aliphatic rings. The molecule has 1 radical (unpaired) electrons. The van der Waals surface area contributed by atoms with Gasteiger partial charge in [-0.15, -0.1) is 5.10 Å². The molecule has 0 saturated carbocycles. The molecule has 0 N–H and O–H groups in total. The van der Waals surface area contributed by atoms with Crippen LogP contribution in [0.1, 0.15) is 17.8 Å². The third-order valence-corrected chi connectivity index (χ3v) is 2.51. The SMILES string of the molecule is [CH2]Cc1nnnn1CCCc1ccccc1. The lowest BCUT2D eigenvalue weighted by molar-refractivity contribution is 0.542. The van der Waals surface area contributed by atoms with E-state index in [1.807, 2.05) is 10.7 Å². The van der Waals surface area contributed by atoms with Crippen LogP contribution < -0.4 is 0 Å². The first kappa shape index (κ1) is 10.8. The summed E-state index contributed by atoms with van der Waals surface area (Å²) in [5.41, 5.74) is 1.35. The van der Waals surface area contributed by atoms with Gasteiger partial charge in [-0.1, -0.05) is 30.3 Å². The zero-order chi connectivity index (χ0) is 11.2. The molecule has 0 aliphatic heterocycles. The van der Waals surface area contributed by atoms with Gasteiger partial charge in [0.25, 0.3) is 0 Å². The van der Waals surface area contributed by atoms with Gasteiger partial charge in [0.15, 0.2) is 5.82 Å². The molecule has 1 aromatic carbocycles. The van der Waals surface area contributed by atoms with E-state index in [9.17, 15) is 0 Å². The second-order valence-electron chi connectivity index (χ2n) is 3.66. The molecule has 1 heterocycles. The highest BCUT2D eigenvalue weighted by Gasteiger charge is 2.02. The van der Waals surface area contributed by atoms with Crippen LogP contribution in [0.3, 0.4) is 0 Å². The molecular formula is C12H15N4. The van der Waals surface area contributed by atoms with E-state index < -0.39 is 0 Å². The number of benzene rings is 1. The minimum absolute atomic E-state index is 0.637. The molecule has 16 heavy (non-hydrogen) atoms. The van der Waals surface area contributed by atoms with E-state index in [2.05, 4.69) is 46.7 Å². The Bertz CT molecular complexity index is 422. The number of nitrogens with zero attached hydrogens (tertiary/aromatic N) is 4. The highest BCUT2D eigenvalue weighted by atomic mass is 15.5. The first-order valence-electron chi connectivity index (χ1n) is 5.48. The molecule has 0 atom stereocenters. The standard InChI is InChI=1S/C12H15N4/c1-2-12-13-14-15-16(12)10-6-9-11-7-4-3-5-8-11/h3-5,7-8H,1-2,6,9-10H2. The van der Waals surface area contributed by atoms with Crippen molar-refractivity contribution in [1.82, 2.24) is 20.2 Å². The molecule has 0 saturated heterocycles. The molecular weight excluding hydrogens is 200 g/mol. The van der Waals surface area contributed by atoms with Crippen molar-refractivity contribution in [3.63, 3.8) is 0 Å². The van der Waals surface area contributed by atoms with Gasteiger partial charge in [0, 0.05) is 13.0 Å². The normalized spacial score (nSPS) is 10.6. The minimum Gasteiger partial charge on any atom is -0.230 e. The summed E-state index contributed by atoms with van der Waals surface area (Å²) in [4.78, 5) is 0. The molecule has 83 valence electrons. The number of aryl methyl sites for hydroxylation is 2. The quantitative estimate of drug-likeness (QED) is 0.762. The highest BCUT2D eigenvalue weighted by molar-refractivity contribution is 5.14. The van der Waals surface area contributed by atoms with Gasteiger partial charge in [-0.05, 0) is 35.8 Å². The zero-order valence-electron chi connectivity index (χ0n) is 9.21. The third kappa shape index (κ3) is 2.66. The zero-order valence-corrected chi connectivity index (χ0v) is 9.21. The van der Waals surface area contributed by atoms with Crippen molar-refractivity contribution in [2.24, 2.45) is 0 Å². The summed E-state index contributed by atoms with van der Waals surface area (Å²) in [6.07, 6.45) is 2.73. The predicted octanol–water partition coefficient (Wildman–Crippen LogP) is 1.68. The molecule has 4 heteroatoms. The Hall–Kier alpha value is -1.71. The Balaban J connectivity index is 1.85. The fourth-order valence-electron chi connectivity index (χ4n) is 1.65. The molecule has 2 rings (SSSR count). The second-order valence-corrected chi connectivity index (χ2v) is 3.66. The molecule has 0 unspecified atom stereocenters. The Morgan fingerprint density at radius 3 is 2.75 bits per heavy atom. The van der Waals surface area contributed by atoms with Crippen molar-refractivity contribution in [2.75, 3.05) is 0 Å². The molecule has 0 fully saturated rings. The van der Waals surface area contributed by atoms with Gasteiger partial charge >= 0.3 is 0 Å². The number of tetrazole rings is 1. The first-order chi connectivity index (χ1) is 7.90. The monoisotopic (exact) mass is 215 g/mol. The lowest BCUT2D eigenvalue weighted by Crippen LogP contribution is -2.06. The highest BCUT2D eigenvalue weighted by Crippen LogP contribution is 2.04. The van der Waals surface area contributed by atoms with E-state index in [1.165, 1.54) is 5.56 Å². The topological polar surface area (TPSA) is 43.6 Å². The lowest BCUT2D eigenvalue weighted by atomic mass is 10.1. The van der Waals surface area contributed by atoms with Crippen LogP contribution >= 0.6 is 0 Å². The lowest BCUT2D eigenvalue weighted by Gasteiger charge is -2.03. The maximum Gasteiger partial charge on any atom is 0.151 e. The van der Waals surface area contributed by atoms with Crippen LogP contribution in [0.4, 0.5) is 0 Å².